The number of amides is 1. The lowest BCUT2D eigenvalue weighted by molar-refractivity contribution is -0.144. The molecule has 20 heavy (non-hydrogen) atoms. The van der Waals surface area contributed by atoms with Crippen molar-refractivity contribution in [2.75, 3.05) is 6.61 Å². The highest BCUT2D eigenvalue weighted by Crippen LogP contribution is 2.12. The molecule has 2 atom stereocenters. The monoisotopic (exact) mass is 281 g/mol. The first kappa shape index (κ1) is 16.0. The van der Waals surface area contributed by atoms with Gasteiger partial charge in [-0.25, -0.2) is 4.79 Å². The minimum Gasteiger partial charge on any atom is -0.493 e. The minimum atomic E-state index is -1.30. The van der Waals surface area contributed by atoms with Crippen molar-refractivity contribution in [1.82, 2.24) is 5.32 Å². The molecule has 1 amide bonds. The van der Waals surface area contributed by atoms with E-state index < -0.39 is 24.0 Å². The Morgan fingerprint density at radius 3 is 2.65 bits per heavy atom. The van der Waals surface area contributed by atoms with Gasteiger partial charge in [0.2, 0.25) is 5.91 Å². The Morgan fingerprint density at radius 1 is 1.40 bits per heavy atom. The number of aliphatic hydroxyl groups is 1. The summed E-state index contributed by atoms with van der Waals surface area (Å²) in [5, 5.41) is 20.3. The summed E-state index contributed by atoms with van der Waals surface area (Å²) in [5.74, 6) is -1.10. The van der Waals surface area contributed by atoms with Crippen LogP contribution in [0.4, 0.5) is 0 Å². The first-order valence-electron chi connectivity index (χ1n) is 6.30. The second-order valence-electron chi connectivity index (χ2n) is 4.54. The van der Waals surface area contributed by atoms with Gasteiger partial charge in [0.25, 0.3) is 0 Å². The van der Waals surface area contributed by atoms with Gasteiger partial charge < -0.3 is 20.3 Å². The largest absolute Gasteiger partial charge is 0.493 e. The standard InChI is InChI=1S/C14H19NO5/c1-9-4-3-5-11(8-9)20-7-6-12(17)15-13(10(2)16)14(18)19/h3-5,8,10,13,16H,6-7H2,1-2H3,(H,15,17)(H,18,19)/t10-,13+/m1/s1. The van der Waals surface area contributed by atoms with Crippen molar-refractivity contribution in [3.63, 3.8) is 0 Å². The number of carbonyl (C=O) groups excluding carboxylic acids is 1. The minimum absolute atomic E-state index is 0.0183. The van der Waals surface area contributed by atoms with Crippen molar-refractivity contribution in [2.24, 2.45) is 0 Å². The molecule has 6 nitrogen and oxygen atoms in total. The molecule has 0 heterocycles. The molecule has 0 unspecified atom stereocenters. The summed E-state index contributed by atoms with van der Waals surface area (Å²) in [6, 6.07) is 6.09. The molecule has 1 rings (SSSR count). The first-order chi connectivity index (χ1) is 9.40. The van der Waals surface area contributed by atoms with Crippen LogP contribution in [0, 0.1) is 6.92 Å². The van der Waals surface area contributed by atoms with Crippen molar-refractivity contribution in [3.8, 4) is 5.75 Å². The highest BCUT2D eigenvalue weighted by Gasteiger charge is 2.24. The molecule has 0 aromatic heterocycles. The van der Waals surface area contributed by atoms with Crippen LogP contribution in [0.1, 0.15) is 18.9 Å². The van der Waals surface area contributed by atoms with Gasteiger partial charge >= 0.3 is 5.97 Å². The molecule has 1 aromatic carbocycles. The lowest BCUT2D eigenvalue weighted by Gasteiger charge is -2.17. The summed E-state index contributed by atoms with van der Waals surface area (Å²) in [7, 11) is 0. The third-order valence-electron chi connectivity index (χ3n) is 2.65. The van der Waals surface area contributed by atoms with Gasteiger partial charge in [0.1, 0.15) is 5.75 Å². The number of carboxylic acids is 1. The molecule has 0 radical (unpaired) electrons. The molecule has 0 saturated carbocycles. The number of aliphatic carboxylic acids is 1. The molecule has 3 N–H and O–H groups in total. The van der Waals surface area contributed by atoms with Crippen LogP contribution in [0.5, 0.6) is 5.75 Å². The number of hydrogen-bond donors (Lipinski definition) is 3. The van der Waals surface area contributed by atoms with E-state index in [1.54, 1.807) is 6.07 Å². The van der Waals surface area contributed by atoms with Crippen molar-refractivity contribution in [2.45, 2.75) is 32.4 Å². The Labute approximate surface area is 117 Å². The maximum Gasteiger partial charge on any atom is 0.328 e. The predicted octanol–water partition coefficient (Wildman–Crippen LogP) is 0.714. The molecule has 0 saturated heterocycles. The number of aliphatic hydroxyl groups excluding tert-OH is 1. The van der Waals surface area contributed by atoms with Gasteiger partial charge in [-0.15, -0.1) is 0 Å². The van der Waals surface area contributed by atoms with Gasteiger partial charge in [-0.2, -0.15) is 0 Å². The molecule has 0 bridgehead atoms. The molecular weight excluding hydrogens is 262 g/mol. The SMILES string of the molecule is Cc1cccc(OCCC(=O)N[C@H](C(=O)O)[C@@H](C)O)c1. The molecule has 0 aliphatic rings. The van der Waals surface area contributed by atoms with Crippen molar-refractivity contribution in [3.05, 3.63) is 29.8 Å². The lowest BCUT2D eigenvalue weighted by Crippen LogP contribution is -2.47. The van der Waals surface area contributed by atoms with Gasteiger partial charge in [0.05, 0.1) is 19.1 Å². The van der Waals surface area contributed by atoms with Crippen LogP contribution in [-0.2, 0) is 9.59 Å². The predicted molar refractivity (Wildman–Crippen MR) is 72.5 cm³/mol. The van der Waals surface area contributed by atoms with Crippen LogP contribution in [0.25, 0.3) is 0 Å². The Balaban J connectivity index is 2.38. The fraction of sp³-hybridized carbons (Fsp3) is 0.429. The highest BCUT2D eigenvalue weighted by atomic mass is 16.5. The van der Waals surface area contributed by atoms with Gasteiger partial charge in [0, 0.05) is 0 Å². The summed E-state index contributed by atoms with van der Waals surface area (Å²) in [6.45, 7) is 3.38. The Bertz CT molecular complexity index is 472. The van der Waals surface area contributed by atoms with Crippen LogP contribution in [-0.4, -0.2) is 40.8 Å². The Hall–Kier alpha value is -2.08. The van der Waals surface area contributed by atoms with Gasteiger partial charge in [-0.1, -0.05) is 12.1 Å². The van der Waals surface area contributed by atoms with Crippen LogP contribution in [0.3, 0.4) is 0 Å². The molecule has 1 aromatic rings. The van der Waals surface area contributed by atoms with E-state index in [0.29, 0.717) is 5.75 Å². The van der Waals surface area contributed by atoms with E-state index in [1.165, 1.54) is 6.92 Å². The fourth-order valence-corrected chi connectivity index (χ4v) is 1.60. The number of benzene rings is 1. The lowest BCUT2D eigenvalue weighted by atomic mass is 10.2. The second kappa shape index (κ2) is 7.49. The van der Waals surface area contributed by atoms with Gasteiger partial charge in [0.15, 0.2) is 6.04 Å². The quantitative estimate of drug-likeness (QED) is 0.684. The van der Waals surface area contributed by atoms with Crippen LogP contribution < -0.4 is 10.1 Å². The number of carboxylic acid groups (broad SMARTS) is 1. The van der Waals surface area contributed by atoms with Crippen molar-refractivity contribution in [1.29, 1.82) is 0 Å². The summed E-state index contributed by atoms with van der Waals surface area (Å²) < 4.78 is 5.39. The molecular formula is C14H19NO5. The van der Waals surface area contributed by atoms with E-state index in [-0.39, 0.29) is 13.0 Å². The normalized spacial score (nSPS) is 13.3. The summed E-state index contributed by atoms with van der Waals surface area (Å²) >= 11 is 0. The van der Waals surface area contributed by atoms with E-state index in [9.17, 15) is 14.7 Å². The van der Waals surface area contributed by atoms with Crippen molar-refractivity contribution >= 4 is 11.9 Å². The summed E-state index contributed by atoms with van der Waals surface area (Å²) in [5.41, 5.74) is 1.05. The molecule has 0 fully saturated rings. The third-order valence-corrected chi connectivity index (χ3v) is 2.65. The zero-order chi connectivity index (χ0) is 15.1. The fourth-order valence-electron chi connectivity index (χ4n) is 1.60. The van der Waals surface area contributed by atoms with E-state index in [1.807, 2.05) is 25.1 Å². The average molecular weight is 281 g/mol. The second-order valence-corrected chi connectivity index (χ2v) is 4.54. The van der Waals surface area contributed by atoms with Crippen LogP contribution in [0.2, 0.25) is 0 Å². The zero-order valence-corrected chi connectivity index (χ0v) is 11.5. The zero-order valence-electron chi connectivity index (χ0n) is 11.5. The van der Waals surface area contributed by atoms with Crippen molar-refractivity contribution < 1.29 is 24.5 Å². The van der Waals surface area contributed by atoms with Gasteiger partial charge in [-0.3, -0.25) is 4.79 Å². The number of aryl methyl sites for hydroxylation is 1. The number of hydrogen-bond acceptors (Lipinski definition) is 4. The van der Waals surface area contributed by atoms with E-state index >= 15 is 0 Å². The third kappa shape index (κ3) is 5.27. The smallest absolute Gasteiger partial charge is 0.328 e. The summed E-state index contributed by atoms with van der Waals surface area (Å²) in [4.78, 5) is 22.4. The molecule has 0 spiro atoms. The van der Waals surface area contributed by atoms with E-state index in [4.69, 9.17) is 9.84 Å². The van der Waals surface area contributed by atoms with Crippen LogP contribution in [0.15, 0.2) is 24.3 Å². The number of rotatable bonds is 7. The van der Waals surface area contributed by atoms with Crippen LogP contribution >= 0.6 is 0 Å². The molecule has 0 aliphatic heterocycles. The first-order valence-corrected chi connectivity index (χ1v) is 6.30. The maximum atomic E-state index is 11.6. The Morgan fingerprint density at radius 2 is 2.10 bits per heavy atom. The number of ether oxygens (including phenoxy) is 1. The number of carbonyl (C=O) groups is 2. The number of nitrogens with one attached hydrogen (secondary N) is 1. The Kier molecular flexibility index (Phi) is 5.99. The van der Waals surface area contributed by atoms with E-state index in [0.717, 1.165) is 5.56 Å². The maximum absolute atomic E-state index is 11.6. The molecule has 6 heteroatoms. The highest BCUT2D eigenvalue weighted by molar-refractivity contribution is 5.83. The summed E-state index contributed by atoms with van der Waals surface area (Å²) in [6.07, 6.45) is -1.14. The average Bonchev–Trinajstić information content (AvgIpc) is 2.35. The molecule has 0 aliphatic carbocycles. The van der Waals surface area contributed by atoms with E-state index in [2.05, 4.69) is 5.32 Å². The molecule has 110 valence electrons. The van der Waals surface area contributed by atoms with Gasteiger partial charge in [-0.05, 0) is 31.5 Å². The topological polar surface area (TPSA) is 95.9 Å².